The number of hydrogen-bond acceptors (Lipinski definition) is 6. The van der Waals surface area contributed by atoms with E-state index in [1.807, 2.05) is 18.2 Å². The normalized spacial score (nSPS) is 26.4. The number of alkyl halides is 3. The molecule has 2 N–H and O–H groups in total. The average Bonchev–Trinajstić information content (AvgIpc) is 3.32. The van der Waals surface area contributed by atoms with Gasteiger partial charge in [-0.05, 0) is 112 Å². The maximum atomic E-state index is 14.3. The highest BCUT2D eigenvalue weighted by Crippen LogP contribution is 2.59. The smallest absolute Gasteiger partial charge is 0.450 e. The molecule has 274 valence electrons. The van der Waals surface area contributed by atoms with Crippen LogP contribution in [0.4, 0.5) is 18.0 Å². The molecule has 2 fully saturated rings. The summed E-state index contributed by atoms with van der Waals surface area (Å²) >= 11 is 0. The second-order valence-corrected chi connectivity index (χ2v) is 14.9. The van der Waals surface area contributed by atoms with Crippen LogP contribution in [0.1, 0.15) is 124 Å². The van der Waals surface area contributed by atoms with Crippen molar-refractivity contribution in [2.45, 2.75) is 128 Å². The molecule has 2 bridgehead atoms. The average molecular weight is 700 g/mol. The van der Waals surface area contributed by atoms with Crippen LogP contribution < -0.4 is 4.74 Å². The van der Waals surface area contributed by atoms with E-state index in [9.17, 15) is 33.0 Å². The zero-order valence-corrected chi connectivity index (χ0v) is 29.6. The van der Waals surface area contributed by atoms with Crippen LogP contribution in [0.25, 0.3) is 0 Å². The molecule has 10 heteroatoms. The summed E-state index contributed by atoms with van der Waals surface area (Å²) in [5.74, 6) is -0.460. The van der Waals surface area contributed by atoms with Crippen LogP contribution in [0.15, 0.2) is 54.1 Å². The summed E-state index contributed by atoms with van der Waals surface area (Å²) in [6.45, 7) is 5.89. The topological polar surface area (TPSA) is 96.3 Å². The minimum atomic E-state index is -4.82. The van der Waals surface area contributed by atoms with Gasteiger partial charge >= 0.3 is 12.5 Å². The molecule has 0 aromatic heterocycles. The van der Waals surface area contributed by atoms with Crippen molar-refractivity contribution in [1.29, 1.82) is 0 Å². The van der Waals surface area contributed by atoms with E-state index < -0.39 is 29.6 Å². The molecular weight excluding hydrogens is 647 g/mol. The number of ether oxygens (including phenoxy) is 2. The molecule has 0 radical (unpaired) electrons. The molecule has 7 nitrogen and oxygen atoms in total. The zero-order chi connectivity index (χ0) is 36.1. The van der Waals surface area contributed by atoms with Gasteiger partial charge in [-0.1, -0.05) is 62.1 Å². The molecular formula is C40H52F3NO6. The van der Waals surface area contributed by atoms with Crippen molar-refractivity contribution in [3.63, 3.8) is 0 Å². The van der Waals surface area contributed by atoms with Crippen molar-refractivity contribution in [1.82, 2.24) is 4.90 Å². The molecule has 4 atom stereocenters. The Bertz CT molecular complexity index is 1520. The van der Waals surface area contributed by atoms with E-state index in [4.69, 9.17) is 4.74 Å². The highest BCUT2D eigenvalue weighted by molar-refractivity contribution is 5.99. The summed E-state index contributed by atoms with van der Waals surface area (Å²) in [7, 11) is 0. The van der Waals surface area contributed by atoms with Crippen molar-refractivity contribution in [2.75, 3.05) is 13.2 Å². The SMILES string of the molecule is CCOC(=O)N(Cc1ccc(OC(F)(F)F)cc1)C[C@]1(O)CC[C@H]2c3ccc(cc3C(=O)C3CCCCC3)C[C@@H](O)CCC(C)=CCC[C@@]21C. The summed E-state index contributed by atoms with van der Waals surface area (Å²) < 4.78 is 47.7. The fraction of sp³-hybridized carbons (Fsp3) is 0.600. The number of allylic oxidation sites excluding steroid dienone is 2. The zero-order valence-electron chi connectivity index (χ0n) is 29.6. The summed E-state index contributed by atoms with van der Waals surface area (Å²) in [5, 5.41) is 23.7. The van der Waals surface area contributed by atoms with E-state index in [-0.39, 0.29) is 43.1 Å². The second kappa shape index (κ2) is 15.9. The molecule has 1 amide bonds. The number of carbonyl (C=O) groups excluding carboxylic acids is 2. The molecule has 0 heterocycles. The number of Topliss-reactive ketones (excluding diaryl/α,β-unsaturated/α-hetero) is 1. The Morgan fingerprint density at radius 1 is 1.00 bits per heavy atom. The first kappa shape index (κ1) is 37.9. The molecule has 0 spiro atoms. The highest BCUT2D eigenvalue weighted by Gasteiger charge is 2.58. The quantitative estimate of drug-likeness (QED) is 0.211. The molecule has 0 aliphatic heterocycles. The lowest BCUT2D eigenvalue weighted by Crippen LogP contribution is -2.53. The summed E-state index contributed by atoms with van der Waals surface area (Å²) in [5.41, 5.74) is 2.12. The lowest BCUT2D eigenvalue weighted by atomic mass is 9.64. The van der Waals surface area contributed by atoms with Crippen LogP contribution in [0, 0.1) is 11.3 Å². The van der Waals surface area contributed by atoms with Crippen LogP contribution in [0.2, 0.25) is 0 Å². The monoisotopic (exact) mass is 699 g/mol. The summed E-state index contributed by atoms with van der Waals surface area (Å²) in [4.78, 5) is 29.1. The third-order valence-corrected chi connectivity index (χ3v) is 11.4. The summed E-state index contributed by atoms with van der Waals surface area (Å²) in [6, 6.07) is 11.4. The third kappa shape index (κ3) is 8.91. The van der Waals surface area contributed by atoms with Crippen LogP contribution in [0.3, 0.4) is 0 Å². The first-order valence-electron chi connectivity index (χ1n) is 18.2. The van der Waals surface area contributed by atoms with Gasteiger partial charge in [0.25, 0.3) is 0 Å². The van der Waals surface area contributed by atoms with E-state index >= 15 is 0 Å². The van der Waals surface area contributed by atoms with Gasteiger partial charge in [0.15, 0.2) is 5.78 Å². The standard InChI is InChI=1S/C40H52F3NO6/c1-4-49-37(47)44(25-28-13-17-32(18-14-28)50-40(41,42)43)26-39(48)22-20-35-33-19-15-29(24-34(33)36(46)30-10-6-5-7-11-30)23-31(45)16-12-27(2)9-8-21-38(35,39)3/h9,13-15,17-19,24,30-31,35,45,48H,4-8,10-12,16,20-23,25-26H2,1-3H3/t31-,35-,38-,39+/m0/s1. The lowest BCUT2D eigenvalue weighted by molar-refractivity contribution is -0.274. The van der Waals surface area contributed by atoms with Gasteiger partial charge in [-0.25, -0.2) is 4.79 Å². The Kier molecular flexibility index (Phi) is 12.0. The van der Waals surface area contributed by atoms with Gasteiger partial charge in [-0.2, -0.15) is 0 Å². The van der Waals surface area contributed by atoms with Crippen molar-refractivity contribution in [3.05, 3.63) is 76.4 Å². The number of halogens is 3. The number of aliphatic hydroxyl groups excluding tert-OH is 1. The van der Waals surface area contributed by atoms with Crippen LogP contribution >= 0.6 is 0 Å². The third-order valence-electron chi connectivity index (χ3n) is 11.4. The van der Waals surface area contributed by atoms with Gasteiger partial charge in [0.2, 0.25) is 0 Å². The van der Waals surface area contributed by atoms with E-state index in [1.165, 1.54) is 29.2 Å². The number of benzene rings is 2. The Hall–Kier alpha value is -3.37. The number of ketones is 1. The van der Waals surface area contributed by atoms with E-state index in [1.54, 1.807) is 6.92 Å². The van der Waals surface area contributed by atoms with Crippen molar-refractivity contribution in [3.8, 4) is 5.75 Å². The number of nitrogens with zero attached hydrogens (tertiary/aromatic N) is 1. The van der Waals surface area contributed by atoms with Crippen molar-refractivity contribution in [2.24, 2.45) is 11.3 Å². The fourth-order valence-electron chi connectivity index (χ4n) is 8.53. The molecule has 2 saturated carbocycles. The van der Waals surface area contributed by atoms with Gasteiger partial charge in [-0.3, -0.25) is 4.79 Å². The molecule has 2 aromatic carbocycles. The first-order chi connectivity index (χ1) is 23.7. The number of hydrogen-bond donors (Lipinski definition) is 2. The van der Waals surface area contributed by atoms with Gasteiger partial charge in [0.05, 0.1) is 24.9 Å². The number of amides is 1. The van der Waals surface area contributed by atoms with Crippen LogP contribution in [0.5, 0.6) is 5.75 Å². The van der Waals surface area contributed by atoms with Gasteiger partial charge < -0.3 is 24.6 Å². The Morgan fingerprint density at radius 2 is 1.72 bits per heavy atom. The minimum absolute atomic E-state index is 0.00956. The highest BCUT2D eigenvalue weighted by atomic mass is 19.4. The number of aliphatic hydroxyl groups is 2. The molecule has 6 rings (SSSR count). The van der Waals surface area contributed by atoms with Gasteiger partial charge in [0, 0.05) is 23.4 Å². The Labute approximate surface area is 293 Å². The maximum Gasteiger partial charge on any atom is 0.573 e. The minimum Gasteiger partial charge on any atom is -0.450 e. The van der Waals surface area contributed by atoms with E-state index in [0.29, 0.717) is 49.7 Å². The summed E-state index contributed by atoms with van der Waals surface area (Å²) in [6.07, 6.45) is 5.15. The van der Waals surface area contributed by atoms with Gasteiger partial charge in [-0.15, -0.1) is 13.2 Å². The van der Waals surface area contributed by atoms with Crippen LogP contribution in [-0.2, 0) is 17.7 Å². The predicted molar refractivity (Wildman–Crippen MR) is 185 cm³/mol. The number of fused-ring (bicyclic) bond motifs is 8. The molecule has 50 heavy (non-hydrogen) atoms. The molecule has 4 aliphatic carbocycles. The Morgan fingerprint density at radius 3 is 2.40 bits per heavy atom. The van der Waals surface area contributed by atoms with E-state index in [0.717, 1.165) is 55.2 Å². The molecule has 2 aromatic rings. The molecule has 0 saturated heterocycles. The maximum absolute atomic E-state index is 14.3. The van der Waals surface area contributed by atoms with Crippen molar-refractivity contribution >= 4 is 11.9 Å². The largest absolute Gasteiger partial charge is 0.573 e. The lowest BCUT2D eigenvalue weighted by Gasteiger charge is -2.46. The second-order valence-electron chi connectivity index (χ2n) is 14.9. The first-order valence-corrected chi connectivity index (χ1v) is 18.2. The van der Waals surface area contributed by atoms with E-state index in [2.05, 4.69) is 24.7 Å². The fourth-order valence-corrected chi connectivity index (χ4v) is 8.53. The molecule has 4 aliphatic rings. The molecule has 0 unspecified atom stereocenters. The van der Waals surface area contributed by atoms with Crippen molar-refractivity contribution < 1.29 is 42.4 Å². The number of carbonyl (C=O) groups is 2. The number of rotatable bonds is 8. The van der Waals surface area contributed by atoms with Gasteiger partial charge in [0.1, 0.15) is 5.75 Å². The Balaban J connectivity index is 1.52. The predicted octanol–water partition coefficient (Wildman–Crippen LogP) is 9.05. The van der Waals surface area contributed by atoms with Crippen LogP contribution in [-0.4, -0.2) is 58.2 Å².